The first-order valence-corrected chi connectivity index (χ1v) is 11.9. The number of benzene rings is 1. The number of piperidine rings is 1. The van der Waals surface area contributed by atoms with Gasteiger partial charge in [0, 0.05) is 13.1 Å². The number of hydrogen-bond donors (Lipinski definition) is 1. The molecular formula is C21H33N3O3S. The summed E-state index contributed by atoms with van der Waals surface area (Å²) in [5.41, 5.74) is 0.375. The molecular weight excluding hydrogens is 374 g/mol. The fraction of sp³-hybridized carbons (Fsp3) is 0.667. The molecule has 1 saturated heterocycles. The first kappa shape index (κ1) is 21.3. The molecule has 0 bridgehead atoms. The lowest BCUT2D eigenvalue weighted by Crippen LogP contribution is -2.40. The molecule has 7 heteroatoms. The zero-order chi connectivity index (χ0) is 20.1. The average Bonchev–Trinajstić information content (AvgIpc) is 2.70. The van der Waals surface area contributed by atoms with Crippen molar-refractivity contribution in [1.29, 1.82) is 0 Å². The molecule has 2 fully saturated rings. The van der Waals surface area contributed by atoms with Gasteiger partial charge in [-0.3, -0.25) is 9.69 Å². The third-order valence-corrected chi connectivity index (χ3v) is 8.12. The molecule has 1 aromatic rings. The molecule has 1 aromatic carbocycles. The highest BCUT2D eigenvalue weighted by molar-refractivity contribution is 7.89. The van der Waals surface area contributed by atoms with Gasteiger partial charge in [-0.25, -0.2) is 8.42 Å². The van der Waals surface area contributed by atoms with Gasteiger partial charge >= 0.3 is 0 Å². The molecule has 28 heavy (non-hydrogen) atoms. The van der Waals surface area contributed by atoms with Gasteiger partial charge in [-0.2, -0.15) is 4.31 Å². The molecule has 6 nitrogen and oxygen atoms in total. The van der Waals surface area contributed by atoms with Crippen LogP contribution < -0.4 is 5.32 Å². The van der Waals surface area contributed by atoms with Crippen LogP contribution in [0.4, 0.5) is 5.69 Å². The minimum absolute atomic E-state index is 0.0397. The number of carbonyl (C=O) groups is 1. The Balaban J connectivity index is 1.70. The molecule has 2 aliphatic rings. The minimum atomic E-state index is -3.65. The molecule has 156 valence electrons. The van der Waals surface area contributed by atoms with Gasteiger partial charge in [0.15, 0.2) is 0 Å². The van der Waals surface area contributed by atoms with Gasteiger partial charge in [0.2, 0.25) is 15.9 Å². The van der Waals surface area contributed by atoms with Crippen LogP contribution in [0.2, 0.25) is 0 Å². The van der Waals surface area contributed by atoms with Crippen molar-refractivity contribution in [2.24, 2.45) is 5.92 Å². The van der Waals surface area contributed by atoms with Crippen LogP contribution in [0.15, 0.2) is 29.2 Å². The van der Waals surface area contributed by atoms with Gasteiger partial charge in [-0.05, 0) is 56.8 Å². The normalized spacial score (nSPS) is 20.4. The van der Waals surface area contributed by atoms with Crippen LogP contribution >= 0.6 is 0 Å². The van der Waals surface area contributed by atoms with Crippen LogP contribution in [-0.2, 0) is 14.8 Å². The van der Waals surface area contributed by atoms with E-state index in [1.807, 2.05) is 0 Å². The summed E-state index contributed by atoms with van der Waals surface area (Å²) in [5, 5.41) is 2.85. The monoisotopic (exact) mass is 407 g/mol. The predicted molar refractivity (Wildman–Crippen MR) is 112 cm³/mol. The van der Waals surface area contributed by atoms with Crippen LogP contribution in [0.1, 0.15) is 51.9 Å². The van der Waals surface area contributed by atoms with Crippen LogP contribution in [0.5, 0.6) is 0 Å². The van der Waals surface area contributed by atoms with Gasteiger partial charge in [-0.1, -0.05) is 38.3 Å². The molecule has 0 atom stereocenters. The standard InChI is InChI=1S/C21H33N3O3S/c1-17-12-14-24(15-13-17)16-21(25)22-19-10-6-7-11-20(19)28(26,27)23(2)18-8-4-3-5-9-18/h6-7,10-11,17-18H,3-5,8-9,12-16H2,1-2H3,(H,22,25). The molecule has 0 aromatic heterocycles. The molecule has 1 heterocycles. The lowest BCUT2D eigenvalue weighted by atomic mass is 9.96. The second-order valence-corrected chi connectivity index (χ2v) is 10.3. The van der Waals surface area contributed by atoms with E-state index in [1.54, 1.807) is 31.3 Å². The highest BCUT2D eigenvalue weighted by Gasteiger charge is 2.31. The summed E-state index contributed by atoms with van der Waals surface area (Å²) >= 11 is 0. The zero-order valence-electron chi connectivity index (χ0n) is 17.1. The maximum atomic E-state index is 13.2. The Hall–Kier alpha value is -1.44. The average molecular weight is 408 g/mol. The number of hydrogen-bond acceptors (Lipinski definition) is 4. The molecule has 1 aliphatic heterocycles. The largest absolute Gasteiger partial charge is 0.324 e. The highest BCUT2D eigenvalue weighted by Crippen LogP contribution is 2.29. The molecule has 0 radical (unpaired) electrons. The summed E-state index contributed by atoms with van der Waals surface area (Å²) in [7, 11) is -1.98. The summed E-state index contributed by atoms with van der Waals surface area (Å²) in [6, 6.07) is 6.78. The van der Waals surface area contributed by atoms with E-state index in [-0.39, 0.29) is 16.8 Å². The molecule has 0 spiro atoms. The van der Waals surface area contributed by atoms with E-state index >= 15 is 0 Å². The number of nitrogens with zero attached hydrogens (tertiary/aromatic N) is 2. The van der Waals surface area contributed by atoms with E-state index in [0.29, 0.717) is 18.2 Å². The van der Waals surface area contributed by atoms with Crippen LogP contribution in [0, 0.1) is 5.92 Å². The molecule has 1 N–H and O–H groups in total. The van der Waals surface area contributed by atoms with E-state index < -0.39 is 10.0 Å². The van der Waals surface area contributed by atoms with Crippen molar-refractivity contribution in [3.8, 4) is 0 Å². The fourth-order valence-corrected chi connectivity index (χ4v) is 5.76. The Morgan fingerprint density at radius 3 is 2.43 bits per heavy atom. The third kappa shape index (κ3) is 5.13. The van der Waals surface area contributed by atoms with Crippen LogP contribution in [0.3, 0.4) is 0 Å². The molecule has 1 saturated carbocycles. The number of anilines is 1. The number of rotatable bonds is 6. The number of nitrogens with one attached hydrogen (secondary N) is 1. The van der Waals surface area contributed by atoms with E-state index in [2.05, 4.69) is 17.1 Å². The Morgan fingerprint density at radius 1 is 1.11 bits per heavy atom. The third-order valence-electron chi connectivity index (χ3n) is 6.15. The minimum Gasteiger partial charge on any atom is -0.324 e. The predicted octanol–water partition coefficient (Wildman–Crippen LogP) is 3.31. The number of likely N-dealkylation sites (tertiary alicyclic amines) is 1. The zero-order valence-corrected chi connectivity index (χ0v) is 17.9. The van der Waals surface area contributed by atoms with Crippen molar-refractivity contribution < 1.29 is 13.2 Å². The topological polar surface area (TPSA) is 69.7 Å². The maximum absolute atomic E-state index is 13.2. The van der Waals surface area contributed by atoms with Crippen LogP contribution in [-0.4, -0.2) is 56.3 Å². The van der Waals surface area contributed by atoms with Gasteiger partial charge < -0.3 is 5.32 Å². The number of sulfonamides is 1. The first-order valence-electron chi connectivity index (χ1n) is 10.5. The van der Waals surface area contributed by atoms with Crippen molar-refractivity contribution in [1.82, 2.24) is 9.21 Å². The van der Waals surface area contributed by atoms with Gasteiger partial charge in [0.1, 0.15) is 4.90 Å². The van der Waals surface area contributed by atoms with E-state index in [4.69, 9.17) is 0 Å². The SMILES string of the molecule is CC1CCN(CC(=O)Nc2ccccc2S(=O)(=O)N(C)C2CCCCC2)CC1. The summed E-state index contributed by atoms with van der Waals surface area (Å²) in [6.07, 6.45) is 7.31. The Morgan fingerprint density at radius 2 is 1.75 bits per heavy atom. The summed E-state index contributed by atoms with van der Waals surface area (Å²) in [4.78, 5) is 14.9. The summed E-state index contributed by atoms with van der Waals surface area (Å²) < 4.78 is 28.0. The number of amides is 1. The van der Waals surface area contributed by atoms with Crippen molar-refractivity contribution in [2.75, 3.05) is 32.0 Å². The summed E-state index contributed by atoms with van der Waals surface area (Å²) in [5.74, 6) is 0.554. The molecule has 1 amide bonds. The van der Waals surface area contributed by atoms with E-state index in [9.17, 15) is 13.2 Å². The highest BCUT2D eigenvalue weighted by atomic mass is 32.2. The quantitative estimate of drug-likeness (QED) is 0.785. The van der Waals surface area contributed by atoms with Crippen molar-refractivity contribution in [3.63, 3.8) is 0 Å². The Labute approximate surface area is 169 Å². The lowest BCUT2D eigenvalue weighted by Gasteiger charge is -2.31. The summed E-state index contributed by atoms with van der Waals surface area (Å²) in [6.45, 7) is 4.37. The van der Waals surface area contributed by atoms with E-state index in [1.165, 1.54) is 10.7 Å². The second kappa shape index (κ2) is 9.37. The van der Waals surface area contributed by atoms with Crippen molar-refractivity contribution in [2.45, 2.75) is 62.8 Å². The van der Waals surface area contributed by atoms with Gasteiger partial charge in [-0.15, -0.1) is 0 Å². The van der Waals surface area contributed by atoms with Gasteiger partial charge in [0.25, 0.3) is 0 Å². The Kier molecular flexibility index (Phi) is 7.12. The van der Waals surface area contributed by atoms with Gasteiger partial charge in [0.05, 0.1) is 12.2 Å². The van der Waals surface area contributed by atoms with Crippen LogP contribution in [0.25, 0.3) is 0 Å². The number of carbonyl (C=O) groups excluding carboxylic acids is 1. The van der Waals surface area contributed by atoms with E-state index in [0.717, 1.165) is 51.6 Å². The lowest BCUT2D eigenvalue weighted by molar-refractivity contribution is -0.117. The van der Waals surface area contributed by atoms with Crippen molar-refractivity contribution in [3.05, 3.63) is 24.3 Å². The Bertz CT molecular complexity index is 767. The number of para-hydroxylation sites is 1. The maximum Gasteiger partial charge on any atom is 0.245 e. The molecule has 0 unspecified atom stereocenters. The molecule has 1 aliphatic carbocycles. The molecule has 3 rings (SSSR count). The fourth-order valence-electron chi connectivity index (χ4n) is 4.20. The van der Waals surface area contributed by atoms with Crippen molar-refractivity contribution >= 4 is 21.6 Å². The second-order valence-electron chi connectivity index (χ2n) is 8.32. The smallest absolute Gasteiger partial charge is 0.245 e. The first-order chi connectivity index (χ1) is 13.4.